The number of benzene rings is 2. The SMILES string of the molecule is CC[C@H](C)[C@H](NC(=O)Cc1cccc(F)c1F)C(=O)N[C@H]1CCc2cccc3c2N(C1=O)[C@H](C(=O)NCc1nn[nH]n1)C3. The van der Waals surface area contributed by atoms with Crippen LogP contribution in [0, 0.1) is 17.6 Å². The van der Waals surface area contributed by atoms with Gasteiger partial charge in [-0.15, -0.1) is 10.2 Å². The highest BCUT2D eigenvalue weighted by Gasteiger charge is 2.44. The lowest BCUT2D eigenvalue weighted by Gasteiger charge is -2.30. The lowest BCUT2D eigenvalue weighted by Crippen LogP contribution is -2.58. The number of rotatable bonds is 10. The van der Waals surface area contributed by atoms with Gasteiger partial charge in [-0.25, -0.2) is 8.78 Å². The van der Waals surface area contributed by atoms with Gasteiger partial charge >= 0.3 is 0 Å². The molecule has 0 spiro atoms. The van der Waals surface area contributed by atoms with Crippen LogP contribution in [0.4, 0.5) is 14.5 Å². The number of H-pyrrole nitrogens is 1. The number of aromatic nitrogens is 4. The smallest absolute Gasteiger partial charge is 0.250 e. The third-order valence-corrected chi connectivity index (χ3v) is 8.03. The number of carbonyl (C=O) groups excluding carboxylic acids is 4. The first kappa shape index (κ1) is 29.7. The number of halogens is 2. The van der Waals surface area contributed by atoms with Crippen LogP contribution in [0.15, 0.2) is 36.4 Å². The molecule has 1 aromatic heterocycles. The Kier molecular flexibility index (Phi) is 8.73. The first-order valence-corrected chi connectivity index (χ1v) is 14.1. The summed E-state index contributed by atoms with van der Waals surface area (Å²) in [6.07, 6.45) is 1.13. The second-order valence-electron chi connectivity index (χ2n) is 10.8. The number of amides is 4. The van der Waals surface area contributed by atoms with Crippen molar-refractivity contribution >= 4 is 29.3 Å². The van der Waals surface area contributed by atoms with E-state index in [-0.39, 0.29) is 30.3 Å². The minimum Gasteiger partial charge on any atom is -0.347 e. The van der Waals surface area contributed by atoms with E-state index in [9.17, 15) is 28.0 Å². The normalized spacial score (nSPS) is 18.8. The first-order valence-electron chi connectivity index (χ1n) is 14.1. The van der Waals surface area contributed by atoms with Crippen molar-refractivity contribution in [1.29, 1.82) is 0 Å². The molecule has 0 unspecified atom stereocenters. The van der Waals surface area contributed by atoms with Crippen molar-refractivity contribution in [3.8, 4) is 0 Å². The van der Waals surface area contributed by atoms with Crippen molar-refractivity contribution in [1.82, 2.24) is 36.6 Å². The summed E-state index contributed by atoms with van der Waals surface area (Å²) >= 11 is 0. The zero-order valence-electron chi connectivity index (χ0n) is 23.7. The lowest BCUT2D eigenvalue weighted by atomic mass is 9.96. The molecule has 0 aliphatic carbocycles. The Morgan fingerprint density at radius 3 is 2.65 bits per heavy atom. The third kappa shape index (κ3) is 6.22. The van der Waals surface area contributed by atoms with Crippen molar-refractivity contribution in [2.24, 2.45) is 5.92 Å². The van der Waals surface area contributed by atoms with Gasteiger partial charge in [0.25, 0.3) is 0 Å². The summed E-state index contributed by atoms with van der Waals surface area (Å²) in [5, 5.41) is 21.6. The molecule has 2 aliphatic rings. The molecule has 4 atom stereocenters. The van der Waals surface area contributed by atoms with Crippen LogP contribution in [-0.4, -0.2) is 62.4 Å². The first-order chi connectivity index (χ1) is 20.7. The van der Waals surface area contributed by atoms with Gasteiger partial charge in [-0.05, 0) is 36.0 Å². The monoisotopic (exact) mass is 594 g/mol. The number of hydrogen-bond acceptors (Lipinski definition) is 7. The average Bonchev–Trinajstić information content (AvgIpc) is 3.64. The van der Waals surface area contributed by atoms with E-state index in [0.717, 1.165) is 17.2 Å². The van der Waals surface area contributed by atoms with Gasteiger partial charge in [0.1, 0.15) is 18.1 Å². The molecule has 4 amide bonds. The molecule has 14 heteroatoms. The Bertz CT molecular complexity index is 1530. The van der Waals surface area contributed by atoms with Crippen molar-refractivity contribution in [3.63, 3.8) is 0 Å². The number of aryl methyl sites for hydroxylation is 1. The Morgan fingerprint density at radius 1 is 1.14 bits per heavy atom. The maximum Gasteiger partial charge on any atom is 0.250 e. The average molecular weight is 595 g/mol. The molecule has 226 valence electrons. The van der Waals surface area contributed by atoms with Crippen molar-refractivity contribution in [2.75, 3.05) is 4.90 Å². The number of anilines is 1. The van der Waals surface area contributed by atoms with E-state index in [4.69, 9.17) is 0 Å². The number of para-hydroxylation sites is 1. The number of nitrogens with zero attached hydrogens (tertiary/aromatic N) is 4. The van der Waals surface area contributed by atoms with Gasteiger partial charge < -0.3 is 16.0 Å². The molecular formula is C29H32F2N8O4. The van der Waals surface area contributed by atoms with Crippen LogP contribution in [0.2, 0.25) is 0 Å². The molecule has 0 fully saturated rings. The van der Waals surface area contributed by atoms with E-state index in [1.165, 1.54) is 17.0 Å². The van der Waals surface area contributed by atoms with Crippen molar-refractivity contribution < 1.29 is 28.0 Å². The predicted octanol–water partition coefficient (Wildman–Crippen LogP) is 1.26. The molecule has 2 aromatic carbocycles. The highest BCUT2D eigenvalue weighted by molar-refractivity contribution is 6.08. The summed E-state index contributed by atoms with van der Waals surface area (Å²) in [4.78, 5) is 55.1. The molecular weight excluding hydrogens is 562 g/mol. The van der Waals surface area contributed by atoms with Crippen LogP contribution >= 0.6 is 0 Å². The predicted molar refractivity (Wildman–Crippen MR) is 149 cm³/mol. The van der Waals surface area contributed by atoms with Crippen molar-refractivity contribution in [3.05, 3.63) is 70.5 Å². The molecule has 3 aromatic rings. The Labute approximate surface area is 246 Å². The van der Waals surface area contributed by atoms with Gasteiger partial charge in [-0.3, -0.25) is 24.1 Å². The fourth-order valence-corrected chi connectivity index (χ4v) is 5.56. The Balaban J connectivity index is 1.32. The van der Waals surface area contributed by atoms with Gasteiger partial charge in [0.2, 0.25) is 23.6 Å². The van der Waals surface area contributed by atoms with Crippen LogP contribution in [0.1, 0.15) is 49.2 Å². The van der Waals surface area contributed by atoms with E-state index in [1.54, 1.807) is 6.92 Å². The highest BCUT2D eigenvalue weighted by atomic mass is 19.2. The van der Waals surface area contributed by atoms with Gasteiger partial charge in [0, 0.05) is 12.0 Å². The van der Waals surface area contributed by atoms with Crippen molar-refractivity contribution in [2.45, 2.75) is 70.6 Å². The highest BCUT2D eigenvalue weighted by Crippen LogP contribution is 2.39. The molecule has 3 heterocycles. The summed E-state index contributed by atoms with van der Waals surface area (Å²) in [5.41, 5.74) is 2.28. The summed E-state index contributed by atoms with van der Waals surface area (Å²) in [5.74, 6) is -4.31. The van der Waals surface area contributed by atoms with Gasteiger partial charge in [-0.1, -0.05) is 55.8 Å². The van der Waals surface area contributed by atoms with E-state index >= 15 is 0 Å². The maximum absolute atomic E-state index is 14.2. The van der Waals surface area contributed by atoms with Crippen LogP contribution in [0.25, 0.3) is 0 Å². The molecule has 43 heavy (non-hydrogen) atoms. The number of carbonyl (C=O) groups is 4. The fourth-order valence-electron chi connectivity index (χ4n) is 5.56. The molecule has 2 aliphatic heterocycles. The van der Waals surface area contributed by atoms with Crippen LogP contribution < -0.4 is 20.9 Å². The lowest BCUT2D eigenvalue weighted by molar-refractivity contribution is -0.133. The van der Waals surface area contributed by atoms with Crippen LogP contribution in [0.3, 0.4) is 0 Å². The van der Waals surface area contributed by atoms with E-state index in [0.29, 0.717) is 24.9 Å². The Hall–Kier alpha value is -4.75. The number of aromatic amines is 1. The minimum atomic E-state index is -1.12. The van der Waals surface area contributed by atoms with E-state index in [2.05, 4.69) is 36.6 Å². The molecule has 5 rings (SSSR count). The molecule has 0 bridgehead atoms. The third-order valence-electron chi connectivity index (χ3n) is 8.03. The zero-order chi connectivity index (χ0) is 30.7. The van der Waals surface area contributed by atoms with Gasteiger partial charge in [0.05, 0.1) is 18.7 Å². The fraction of sp³-hybridized carbons (Fsp3) is 0.414. The molecule has 12 nitrogen and oxygen atoms in total. The largest absolute Gasteiger partial charge is 0.347 e. The standard InChI is InChI=1S/C29H32F2N8O4/c1-3-15(2)25(34-23(40)13-17-7-5-9-19(30)24(17)31)28(42)33-20-11-10-16-6-4-8-18-12-21(39(26(16)18)29(20)43)27(41)32-14-22-35-37-38-36-22/h4-9,15,20-21,25H,3,10-14H2,1-2H3,(H,32,41)(H,33,42)(H,34,40)(H,35,36,37,38)/t15-,20-,21-,25-/m0/s1. The second kappa shape index (κ2) is 12.6. The van der Waals surface area contributed by atoms with Gasteiger partial charge in [-0.2, -0.15) is 5.21 Å². The number of tetrazole rings is 1. The minimum absolute atomic E-state index is 0.0209. The number of nitrogens with one attached hydrogen (secondary N) is 4. The Morgan fingerprint density at radius 2 is 1.91 bits per heavy atom. The molecule has 0 saturated carbocycles. The summed E-state index contributed by atoms with van der Waals surface area (Å²) in [6, 6.07) is 6.37. The van der Waals surface area contributed by atoms with Crippen LogP contribution in [-0.2, 0) is 45.0 Å². The maximum atomic E-state index is 14.2. The van der Waals surface area contributed by atoms with E-state index in [1.807, 2.05) is 25.1 Å². The molecule has 0 radical (unpaired) electrons. The summed E-state index contributed by atoms with van der Waals surface area (Å²) in [6.45, 7) is 3.64. The molecule has 0 saturated heterocycles. The zero-order valence-corrected chi connectivity index (χ0v) is 23.7. The van der Waals surface area contributed by atoms with E-state index < -0.39 is 59.8 Å². The summed E-state index contributed by atoms with van der Waals surface area (Å²) < 4.78 is 27.8. The quantitative estimate of drug-likeness (QED) is 0.275. The second-order valence-corrected chi connectivity index (χ2v) is 10.8. The van der Waals surface area contributed by atoms with Crippen LogP contribution in [0.5, 0.6) is 0 Å². The topological polar surface area (TPSA) is 162 Å². The van der Waals surface area contributed by atoms with Gasteiger partial charge in [0.15, 0.2) is 17.5 Å². The molecule has 4 N–H and O–H groups in total. The summed E-state index contributed by atoms with van der Waals surface area (Å²) in [7, 11) is 0. The number of hydrogen-bond donors (Lipinski definition) is 4.